The molecule has 9 N–H and O–H groups in total. The van der Waals surface area contributed by atoms with Gasteiger partial charge in [0.15, 0.2) is 0 Å². The number of nitrogens with one attached hydrogen (secondary N) is 5. The molecule has 5 fully saturated rings. The third-order valence-electron chi connectivity index (χ3n) is 16.0. The van der Waals surface area contributed by atoms with E-state index in [0.29, 0.717) is 0 Å². The molecule has 5 saturated heterocycles. The fourth-order valence-electron chi connectivity index (χ4n) is 11.1. The Labute approximate surface area is 556 Å². The summed E-state index contributed by atoms with van der Waals surface area (Å²) in [6.45, 7) is -11.1. The molecule has 4 aromatic heterocycles. The molecule has 10 heterocycles. The molecule has 10 rings (SSSR count). The first-order valence-electron chi connectivity index (χ1n) is 29.1. The lowest BCUT2D eigenvalue weighted by molar-refractivity contribution is -0.0579. The Morgan fingerprint density at radius 2 is 0.821 bits per heavy atom. The van der Waals surface area contributed by atoms with Gasteiger partial charge < -0.3 is 75.9 Å². The van der Waals surface area contributed by atoms with Crippen molar-refractivity contribution in [2.75, 3.05) is 33.0 Å². The molecule has 6 aliphatic rings. The summed E-state index contributed by atoms with van der Waals surface area (Å²) >= 11 is 20.5. The first kappa shape index (κ1) is 73.3. The van der Waals surface area contributed by atoms with Gasteiger partial charge in [0.2, 0.25) is 0 Å². The van der Waals surface area contributed by atoms with Gasteiger partial charge in [-0.1, -0.05) is 12.2 Å². The predicted molar refractivity (Wildman–Crippen MR) is 342 cm³/mol. The molecule has 9 unspecified atom stereocenters. The van der Waals surface area contributed by atoms with Crippen molar-refractivity contribution < 1.29 is 89.0 Å². The minimum Gasteiger partial charge on any atom is -0.390 e. The van der Waals surface area contributed by atoms with Crippen molar-refractivity contribution in [3.63, 3.8) is 0 Å². The van der Waals surface area contributed by atoms with Crippen LogP contribution in [0.1, 0.15) is 93.1 Å². The van der Waals surface area contributed by atoms with Crippen LogP contribution < -0.4 is 50.3 Å². The molecule has 95 heavy (non-hydrogen) atoms. The normalized spacial score (nSPS) is 31.2. The number of H-pyrrole nitrogens is 4. The molecule has 45 heteroatoms. The molecule has 0 saturated carbocycles. The van der Waals surface area contributed by atoms with E-state index in [1.807, 2.05) is 0 Å². The quantitative estimate of drug-likeness (QED) is 0.0315. The Morgan fingerprint density at radius 1 is 0.495 bits per heavy atom. The Balaban J connectivity index is 0.825. The molecule has 2 amide bonds. The van der Waals surface area contributed by atoms with Crippen LogP contribution in [0.15, 0.2) is 74.9 Å². The van der Waals surface area contributed by atoms with Gasteiger partial charge in [-0.3, -0.25) is 71.3 Å². The van der Waals surface area contributed by atoms with Crippen molar-refractivity contribution >= 4 is 80.7 Å². The molecule has 4 aromatic rings. The monoisotopic (exact) mass is 1490 g/mol. The molecule has 19 atom stereocenters. The molecule has 0 bridgehead atoms. The van der Waals surface area contributed by atoms with Gasteiger partial charge in [0.1, 0.15) is 61.7 Å². The van der Waals surface area contributed by atoms with E-state index >= 15 is 0 Å². The average Bonchev–Trinajstić information content (AvgIpc) is 1.70. The molecular formula is C50H68N10O27P4S4. The van der Waals surface area contributed by atoms with Crippen LogP contribution in [-0.2, 0) is 99.9 Å². The summed E-state index contributed by atoms with van der Waals surface area (Å²) in [7, 11) is 0. The summed E-state index contributed by atoms with van der Waals surface area (Å²) in [5, 5.41) is 13.6. The van der Waals surface area contributed by atoms with Crippen molar-refractivity contribution in [2.45, 2.75) is 166 Å². The SMILES string of the molecule is CC1=CN([C@H]2CC(OP(O)(=S)OC[C@H]3O[C@@H](n4cc(C)c(=O)[nH]c4=O)CC3OP(=O)(S)OC[C@H]3O[C@@H](n4cc(C)c(=O)[nH]c4=O)CC3OP(O)(=S)OC[C@H]3O[C@@H](n4cc(C)c(=O)[nH]c4=O)CC3O)[C@@H](COP(O)(=S)OC3C[C@H](n4cc(C)c(=O)[nH]c4=O)O[C@@H]3C)O2)C(=O)NC1. The third kappa shape index (κ3) is 17.8. The van der Waals surface area contributed by atoms with Crippen molar-refractivity contribution in [1.82, 2.24) is 48.4 Å². The van der Waals surface area contributed by atoms with Gasteiger partial charge in [-0.2, -0.15) is 0 Å². The van der Waals surface area contributed by atoms with Crippen LogP contribution in [0.4, 0.5) is 4.79 Å². The highest BCUT2D eigenvalue weighted by Crippen LogP contribution is 2.58. The van der Waals surface area contributed by atoms with Gasteiger partial charge in [0, 0.05) is 91.9 Å². The second-order valence-electron chi connectivity index (χ2n) is 23.1. The van der Waals surface area contributed by atoms with Crippen molar-refractivity contribution in [3.8, 4) is 0 Å². The van der Waals surface area contributed by atoms with Gasteiger partial charge in [-0.25, -0.2) is 28.5 Å². The number of carbonyl (C=O) groups excluding carboxylic acids is 1. The number of urea groups is 1. The standard InChI is InChI=1S/C50H68N10O27P4S4/c1-22-12-51-46(66)56(13-22)39-9-30(34(81-39)19-76-88(71,92)84-29-8-38(79-27(29)6)58-15-24(3)43(63)53-48(58)68)86-90(73,94)77-21-36-32(11-41(83-36)60-17-26(5)45(65)55-50(60)70)87-91(74,95)78-20-35-31(10-40(82-35)59-16-25(4)44(64)54-49(59)69)85-89(72,93)75-18-33-28(61)7-37(80-33)57-14-23(2)42(62)52-47(57)67/h13-17,27-41,61H,7-12,18-21H2,1-6H3,(H,51,66)(H,71,92)(H,72,93)(H,73,94)(H,74,95)(H,52,62,67)(H,53,63,68)(H,54,64,69)(H,55,65,70)/t27-,28?,29?,30?,31?,32?,33-,34-,35-,36-,37-,38-,39-,40-,41-,88?,89?,90?,91?/m1/s1. The zero-order valence-electron chi connectivity index (χ0n) is 51.0. The number of thiol groups is 1. The number of nitrogens with zero attached hydrogens (tertiary/aromatic N) is 5. The van der Waals surface area contributed by atoms with Crippen molar-refractivity contribution in [1.29, 1.82) is 0 Å². The van der Waals surface area contributed by atoms with Crippen molar-refractivity contribution in [3.05, 3.63) is 142 Å². The van der Waals surface area contributed by atoms with Crippen molar-refractivity contribution in [2.24, 2.45) is 0 Å². The second kappa shape index (κ2) is 29.4. The van der Waals surface area contributed by atoms with E-state index in [-0.39, 0.29) is 60.9 Å². The second-order valence-corrected chi connectivity index (χ2v) is 34.4. The first-order valence-corrected chi connectivity index (χ1v) is 39.6. The Morgan fingerprint density at radius 3 is 1.25 bits per heavy atom. The van der Waals surface area contributed by atoms with E-state index < -0.39 is 197 Å². The minimum absolute atomic E-state index is 0.000181. The maximum atomic E-state index is 14.5. The molecule has 37 nitrogen and oxygen atoms in total. The maximum absolute atomic E-state index is 14.5. The number of amides is 2. The van der Waals surface area contributed by atoms with Gasteiger partial charge in [-0.05, 0) is 82.5 Å². The van der Waals surface area contributed by atoms with Crippen LogP contribution in [0.5, 0.6) is 0 Å². The number of carbonyl (C=O) groups is 1. The number of aryl methyl sites for hydroxylation is 4. The number of rotatable bonds is 25. The van der Waals surface area contributed by atoms with E-state index in [1.165, 1.54) is 68.1 Å². The number of ether oxygens (including phenoxy) is 5. The van der Waals surface area contributed by atoms with E-state index in [0.717, 1.165) is 19.3 Å². The highest BCUT2D eigenvalue weighted by Gasteiger charge is 2.49. The summed E-state index contributed by atoms with van der Waals surface area (Å²) in [4.78, 5) is 158. The van der Waals surface area contributed by atoms with Crippen LogP contribution in [0.25, 0.3) is 0 Å². The summed E-state index contributed by atoms with van der Waals surface area (Å²) < 4.78 is 96.1. The molecular weight excluding hydrogens is 1420 g/mol. The minimum atomic E-state index is -4.72. The third-order valence-corrected chi connectivity index (χ3v) is 22.4. The molecule has 0 spiro atoms. The Bertz CT molecular complexity index is 4330. The van der Waals surface area contributed by atoms with E-state index in [4.69, 9.17) is 95.3 Å². The van der Waals surface area contributed by atoms with Crippen LogP contribution >= 0.6 is 39.2 Å². The molecule has 6 aliphatic heterocycles. The highest BCUT2D eigenvalue weighted by atomic mass is 32.7. The lowest BCUT2D eigenvalue weighted by atomic mass is 10.2. The predicted octanol–water partition coefficient (Wildman–Crippen LogP) is 0.291. The zero-order valence-corrected chi connectivity index (χ0v) is 57.9. The molecule has 0 aromatic carbocycles. The first-order chi connectivity index (χ1) is 44.5. The summed E-state index contributed by atoms with van der Waals surface area (Å²) in [6.07, 6.45) is -12.3. The van der Waals surface area contributed by atoms with Crippen LogP contribution in [0.3, 0.4) is 0 Å². The Kier molecular flexibility index (Phi) is 22.7. The molecule has 0 radical (unpaired) electrons. The summed E-state index contributed by atoms with van der Waals surface area (Å²) in [5.41, 5.74) is -4.61. The fraction of sp³-hybridized carbons (Fsp3) is 0.620. The van der Waals surface area contributed by atoms with Gasteiger partial charge in [0.05, 0.1) is 56.9 Å². The lowest BCUT2D eigenvalue weighted by Gasteiger charge is -2.29. The number of aromatic nitrogens is 8. The number of aliphatic hydroxyl groups is 1. The molecule has 524 valence electrons. The van der Waals surface area contributed by atoms with Gasteiger partial charge in [0.25, 0.3) is 22.2 Å². The van der Waals surface area contributed by atoms with Crippen LogP contribution in [-0.4, -0.2) is 169 Å². The van der Waals surface area contributed by atoms with E-state index in [9.17, 15) is 67.5 Å². The van der Waals surface area contributed by atoms with Crippen LogP contribution in [0.2, 0.25) is 0 Å². The molecule has 0 aliphatic carbocycles. The number of hydrogen-bond donors (Lipinski definition) is 10. The average molecular weight is 1490 g/mol. The fourth-order valence-corrected chi connectivity index (χ4v) is 17.0. The number of hydrogen-bond acceptors (Lipinski definition) is 27. The topological polar surface area (TPSA) is 470 Å². The van der Waals surface area contributed by atoms with E-state index in [2.05, 4.69) is 37.5 Å². The summed E-state index contributed by atoms with van der Waals surface area (Å²) in [5.74, 6) is 0. The maximum Gasteiger partial charge on any atom is 0.386 e. The van der Waals surface area contributed by atoms with Crippen LogP contribution in [0, 0.1) is 27.7 Å². The zero-order chi connectivity index (χ0) is 69.0. The number of aliphatic hydroxyl groups excluding tert-OH is 1. The van der Waals surface area contributed by atoms with E-state index in [1.54, 1.807) is 13.8 Å². The van der Waals surface area contributed by atoms with Gasteiger partial charge >= 0.3 is 55.7 Å². The largest absolute Gasteiger partial charge is 0.390 e. The van der Waals surface area contributed by atoms with Gasteiger partial charge in [-0.15, -0.1) is 0 Å². The summed E-state index contributed by atoms with van der Waals surface area (Å²) in [6, 6.07) is -0.551. The smallest absolute Gasteiger partial charge is 0.386 e. The number of aromatic amines is 4. The highest BCUT2D eigenvalue weighted by molar-refractivity contribution is 8.44. The Hall–Kier alpha value is -4.42. The lowest BCUT2D eigenvalue weighted by Crippen LogP contribution is -2.46.